The molecule has 0 radical (unpaired) electrons. The quantitative estimate of drug-likeness (QED) is 0.584. The van der Waals surface area contributed by atoms with Crippen LogP contribution in [0.1, 0.15) is 0 Å². The normalized spacial score (nSPS) is 11.1. The molecule has 2 aromatic heterocycles. The van der Waals surface area contributed by atoms with Crippen LogP contribution in [0.25, 0.3) is 33.3 Å². The van der Waals surface area contributed by atoms with Crippen molar-refractivity contribution in [3.63, 3.8) is 0 Å². The van der Waals surface area contributed by atoms with E-state index in [2.05, 4.69) is 44.5 Å². The molecular weight excluding hydrogens is 260 g/mol. The molecule has 0 aliphatic heterocycles. The molecule has 0 saturated carbocycles. The molecule has 0 saturated heterocycles. The van der Waals surface area contributed by atoms with Crippen LogP contribution in [0.3, 0.4) is 0 Å². The average Bonchev–Trinajstić information content (AvgIpc) is 2.97. The Morgan fingerprint density at radius 3 is 2.76 bits per heavy atom. The number of benzene rings is 2. The highest BCUT2D eigenvalue weighted by atomic mass is 15.0. The summed E-state index contributed by atoms with van der Waals surface area (Å²) >= 11 is 0. The topological polar surface area (TPSA) is 53.6 Å². The lowest BCUT2D eigenvalue weighted by Gasteiger charge is -2.10. The lowest BCUT2D eigenvalue weighted by Crippen LogP contribution is -1.94. The third kappa shape index (κ3) is 1.84. The molecule has 0 atom stereocenters. The number of hydrogen-bond acceptors (Lipinski definition) is 3. The smallest absolute Gasteiger partial charge is 0.178 e. The number of nitrogens with one attached hydrogen (secondary N) is 2. The van der Waals surface area contributed by atoms with Gasteiger partial charge < -0.3 is 10.3 Å². The van der Waals surface area contributed by atoms with Gasteiger partial charge in [0.25, 0.3) is 0 Å². The van der Waals surface area contributed by atoms with Gasteiger partial charge in [0.05, 0.1) is 11.2 Å². The van der Waals surface area contributed by atoms with E-state index in [9.17, 15) is 0 Å². The minimum Gasteiger partial charge on any atom is -0.387 e. The fourth-order valence-electron chi connectivity index (χ4n) is 2.71. The van der Waals surface area contributed by atoms with Gasteiger partial charge in [0.15, 0.2) is 5.65 Å². The van der Waals surface area contributed by atoms with E-state index in [0.29, 0.717) is 0 Å². The number of rotatable bonds is 2. The van der Waals surface area contributed by atoms with Crippen molar-refractivity contribution in [3.05, 3.63) is 54.7 Å². The van der Waals surface area contributed by atoms with Crippen molar-refractivity contribution < 1.29 is 0 Å². The van der Waals surface area contributed by atoms with Crippen molar-refractivity contribution in [2.75, 3.05) is 12.4 Å². The Balaban J connectivity index is 2.01. The molecule has 2 aromatic carbocycles. The molecule has 4 rings (SSSR count). The highest BCUT2D eigenvalue weighted by molar-refractivity contribution is 6.01. The zero-order valence-electron chi connectivity index (χ0n) is 11.6. The zero-order valence-corrected chi connectivity index (χ0v) is 11.6. The highest BCUT2D eigenvalue weighted by Crippen LogP contribution is 2.33. The first-order chi connectivity index (χ1) is 10.4. The molecule has 2 heterocycles. The number of aromatic amines is 1. The Morgan fingerprint density at radius 2 is 1.90 bits per heavy atom. The summed E-state index contributed by atoms with van der Waals surface area (Å²) in [5.41, 5.74) is 3.81. The third-order valence-electron chi connectivity index (χ3n) is 3.69. The van der Waals surface area contributed by atoms with E-state index >= 15 is 0 Å². The van der Waals surface area contributed by atoms with Crippen molar-refractivity contribution in [1.82, 2.24) is 15.0 Å². The summed E-state index contributed by atoms with van der Waals surface area (Å²) in [6, 6.07) is 16.4. The molecule has 0 aliphatic carbocycles. The summed E-state index contributed by atoms with van der Waals surface area (Å²) in [6.07, 6.45) is 1.76. The van der Waals surface area contributed by atoms with Crippen molar-refractivity contribution in [1.29, 1.82) is 0 Å². The summed E-state index contributed by atoms with van der Waals surface area (Å²) in [6.45, 7) is 0. The van der Waals surface area contributed by atoms with Gasteiger partial charge >= 0.3 is 0 Å². The van der Waals surface area contributed by atoms with Crippen LogP contribution < -0.4 is 5.32 Å². The molecule has 102 valence electrons. The van der Waals surface area contributed by atoms with E-state index in [0.717, 1.165) is 28.2 Å². The van der Waals surface area contributed by atoms with Crippen LogP contribution in [-0.4, -0.2) is 22.0 Å². The minimum absolute atomic E-state index is 0.739. The third-order valence-corrected chi connectivity index (χ3v) is 3.69. The number of imidazole rings is 1. The van der Waals surface area contributed by atoms with Gasteiger partial charge in [-0.3, -0.25) is 0 Å². The molecule has 0 spiro atoms. The lowest BCUT2D eigenvalue weighted by atomic mass is 10.0. The number of anilines is 1. The largest absolute Gasteiger partial charge is 0.387 e. The van der Waals surface area contributed by atoms with Gasteiger partial charge in [0.1, 0.15) is 5.82 Å². The SMILES string of the molecule is CNc1c(-c2nc3ncccc3[nH]2)ccc2ccccc12. The van der Waals surface area contributed by atoms with Gasteiger partial charge in [-0.2, -0.15) is 0 Å². The number of hydrogen-bond donors (Lipinski definition) is 2. The summed E-state index contributed by atoms with van der Waals surface area (Å²) in [4.78, 5) is 12.2. The Morgan fingerprint density at radius 1 is 1.00 bits per heavy atom. The first-order valence-corrected chi connectivity index (χ1v) is 6.87. The number of fused-ring (bicyclic) bond motifs is 2. The predicted octanol–water partition coefficient (Wildman–Crippen LogP) is 3.82. The van der Waals surface area contributed by atoms with Crippen molar-refractivity contribution in [2.45, 2.75) is 0 Å². The van der Waals surface area contributed by atoms with Crippen molar-refractivity contribution >= 4 is 27.6 Å². The van der Waals surface area contributed by atoms with Gasteiger partial charge in [-0.25, -0.2) is 9.97 Å². The summed E-state index contributed by atoms with van der Waals surface area (Å²) in [5, 5.41) is 5.70. The van der Waals surface area contributed by atoms with E-state index in [1.54, 1.807) is 6.20 Å². The molecule has 0 bridgehead atoms. The maximum absolute atomic E-state index is 4.59. The maximum atomic E-state index is 4.59. The van der Waals surface area contributed by atoms with Crippen LogP contribution in [-0.2, 0) is 0 Å². The summed E-state index contributed by atoms with van der Waals surface area (Å²) in [7, 11) is 1.94. The van der Waals surface area contributed by atoms with Crippen LogP contribution in [0.2, 0.25) is 0 Å². The van der Waals surface area contributed by atoms with Gasteiger partial charge in [-0.1, -0.05) is 30.3 Å². The second kappa shape index (κ2) is 4.59. The average molecular weight is 274 g/mol. The number of aromatic nitrogens is 3. The van der Waals surface area contributed by atoms with Gasteiger partial charge in [0.2, 0.25) is 0 Å². The molecule has 0 fully saturated rings. The van der Waals surface area contributed by atoms with E-state index in [-0.39, 0.29) is 0 Å². The van der Waals surface area contributed by atoms with Crippen molar-refractivity contribution in [3.8, 4) is 11.4 Å². The number of H-pyrrole nitrogens is 1. The van der Waals surface area contributed by atoms with E-state index in [1.807, 2.05) is 31.3 Å². The van der Waals surface area contributed by atoms with Crippen LogP contribution in [0, 0.1) is 0 Å². The number of pyridine rings is 1. The predicted molar refractivity (Wildman–Crippen MR) is 86.4 cm³/mol. The second-order valence-corrected chi connectivity index (χ2v) is 4.92. The summed E-state index contributed by atoms with van der Waals surface area (Å²) in [5.74, 6) is 0.832. The van der Waals surface area contributed by atoms with E-state index in [1.165, 1.54) is 10.8 Å². The van der Waals surface area contributed by atoms with E-state index in [4.69, 9.17) is 0 Å². The number of nitrogens with zero attached hydrogens (tertiary/aromatic N) is 2. The minimum atomic E-state index is 0.739. The fourth-order valence-corrected chi connectivity index (χ4v) is 2.71. The van der Waals surface area contributed by atoms with Gasteiger partial charge in [0, 0.05) is 24.2 Å². The first-order valence-electron chi connectivity index (χ1n) is 6.87. The Bertz CT molecular complexity index is 907. The van der Waals surface area contributed by atoms with Gasteiger partial charge in [-0.05, 0) is 23.6 Å². The molecule has 0 aliphatic rings. The summed E-state index contributed by atoms with van der Waals surface area (Å²) < 4.78 is 0. The molecular formula is C17H14N4. The maximum Gasteiger partial charge on any atom is 0.178 e. The molecule has 4 heteroatoms. The van der Waals surface area contributed by atoms with Crippen LogP contribution >= 0.6 is 0 Å². The second-order valence-electron chi connectivity index (χ2n) is 4.92. The first kappa shape index (κ1) is 11.9. The van der Waals surface area contributed by atoms with Crippen LogP contribution in [0.5, 0.6) is 0 Å². The van der Waals surface area contributed by atoms with Crippen LogP contribution in [0.15, 0.2) is 54.7 Å². The molecule has 4 aromatic rings. The fraction of sp³-hybridized carbons (Fsp3) is 0.0588. The Labute approximate surface area is 121 Å². The monoisotopic (exact) mass is 274 g/mol. The lowest BCUT2D eigenvalue weighted by molar-refractivity contribution is 1.30. The Kier molecular flexibility index (Phi) is 2.60. The van der Waals surface area contributed by atoms with E-state index < -0.39 is 0 Å². The molecule has 0 amide bonds. The van der Waals surface area contributed by atoms with Crippen molar-refractivity contribution in [2.24, 2.45) is 0 Å². The van der Waals surface area contributed by atoms with Crippen LogP contribution in [0.4, 0.5) is 5.69 Å². The highest BCUT2D eigenvalue weighted by Gasteiger charge is 2.12. The van der Waals surface area contributed by atoms with Gasteiger partial charge in [-0.15, -0.1) is 0 Å². The molecule has 2 N–H and O–H groups in total. The molecule has 0 unspecified atom stereocenters. The Hall–Kier alpha value is -2.88. The molecule has 4 nitrogen and oxygen atoms in total. The molecule has 21 heavy (non-hydrogen) atoms. The standard InChI is InChI=1S/C17H14N4/c1-18-15-12-6-3-2-5-11(12)8-9-13(15)16-20-14-7-4-10-19-17(14)21-16/h2-10,18H,1H3,(H,19,20,21). The zero-order chi connectivity index (χ0) is 14.2.